The van der Waals surface area contributed by atoms with E-state index in [0.717, 1.165) is 15.6 Å². The SMILES string of the molecule is Cc1ccc(F)c(Oc2ccc(CO)c(Br)c2)c1. The molecule has 0 atom stereocenters. The molecule has 0 saturated carbocycles. The number of hydrogen-bond donors (Lipinski definition) is 1. The Labute approximate surface area is 113 Å². The monoisotopic (exact) mass is 310 g/mol. The first-order chi connectivity index (χ1) is 8.60. The Bertz CT molecular complexity index is 570. The summed E-state index contributed by atoms with van der Waals surface area (Å²) in [5, 5.41) is 9.05. The van der Waals surface area contributed by atoms with Gasteiger partial charge in [-0.1, -0.05) is 28.1 Å². The highest BCUT2D eigenvalue weighted by Crippen LogP contribution is 2.29. The van der Waals surface area contributed by atoms with E-state index in [2.05, 4.69) is 15.9 Å². The van der Waals surface area contributed by atoms with Gasteiger partial charge >= 0.3 is 0 Å². The highest BCUT2D eigenvalue weighted by molar-refractivity contribution is 9.10. The molecule has 0 saturated heterocycles. The summed E-state index contributed by atoms with van der Waals surface area (Å²) < 4.78 is 19.7. The van der Waals surface area contributed by atoms with Crippen LogP contribution in [0.4, 0.5) is 4.39 Å². The first-order valence-electron chi connectivity index (χ1n) is 5.43. The van der Waals surface area contributed by atoms with Gasteiger partial charge in [0.2, 0.25) is 0 Å². The molecule has 4 heteroatoms. The van der Waals surface area contributed by atoms with Gasteiger partial charge in [0.1, 0.15) is 5.75 Å². The van der Waals surface area contributed by atoms with Crippen molar-refractivity contribution >= 4 is 15.9 Å². The van der Waals surface area contributed by atoms with E-state index in [0.29, 0.717) is 5.75 Å². The van der Waals surface area contributed by atoms with Crippen molar-refractivity contribution < 1.29 is 14.2 Å². The van der Waals surface area contributed by atoms with Gasteiger partial charge in [0, 0.05) is 4.47 Å². The predicted molar refractivity (Wildman–Crippen MR) is 71.3 cm³/mol. The zero-order chi connectivity index (χ0) is 13.1. The van der Waals surface area contributed by atoms with Crippen LogP contribution in [-0.2, 0) is 6.61 Å². The van der Waals surface area contributed by atoms with Crippen LogP contribution in [0.25, 0.3) is 0 Å². The second-order valence-electron chi connectivity index (χ2n) is 3.95. The number of aryl methyl sites for hydroxylation is 1. The molecular formula is C14H12BrFO2. The molecule has 0 aliphatic heterocycles. The molecule has 2 aromatic rings. The Balaban J connectivity index is 2.28. The topological polar surface area (TPSA) is 29.5 Å². The molecule has 0 aromatic heterocycles. The summed E-state index contributed by atoms with van der Waals surface area (Å²) in [6, 6.07) is 9.83. The minimum atomic E-state index is -0.400. The fourth-order valence-electron chi connectivity index (χ4n) is 1.54. The lowest BCUT2D eigenvalue weighted by molar-refractivity contribution is 0.281. The zero-order valence-corrected chi connectivity index (χ0v) is 11.4. The first kappa shape index (κ1) is 13.1. The van der Waals surface area contributed by atoms with Crippen molar-refractivity contribution in [1.82, 2.24) is 0 Å². The minimum Gasteiger partial charge on any atom is -0.454 e. The van der Waals surface area contributed by atoms with E-state index < -0.39 is 5.82 Å². The van der Waals surface area contributed by atoms with Gasteiger partial charge in [-0.2, -0.15) is 0 Å². The molecule has 0 spiro atoms. The summed E-state index contributed by atoms with van der Waals surface area (Å²) in [4.78, 5) is 0. The molecule has 94 valence electrons. The van der Waals surface area contributed by atoms with Crippen LogP contribution in [0, 0.1) is 12.7 Å². The number of aliphatic hydroxyl groups excluding tert-OH is 1. The van der Waals surface area contributed by atoms with E-state index >= 15 is 0 Å². The van der Waals surface area contributed by atoms with Crippen molar-refractivity contribution in [3.8, 4) is 11.5 Å². The lowest BCUT2D eigenvalue weighted by atomic mass is 10.2. The van der Waals surface area contributed by atoms with Crippen LogP contribution < -0.4 is 4.74 Å². The molecule has 0 bridgehead atoms. The van der Waals surface area contributed by atoms with Crippen LogP contribution in [-0.4, -0.2) is 5.11 Å². The van der Waals surface area contributed by atoms with Gasteiger partial charge in [-0.3, -0.25) is 0 Å². The van der Waals surface area contributed by atoms with E-state index in [1.54, 1.807) is 30.3 Å². The van der Waals surface area contributed by atoms with Gasteiger partial charge in [-0.15, -0.1) is 0 Å². The molecule has 2 rings (SSSR count). The van der Waals surface area contributed by atoms with Crippen LogP contribution in [0.2, 0.25) is 0 Å². The van der Waals surface area contributed by atoms with E-state index in [9.17, 15) is 4.39 Å². The van der Waals surface area contributed by atoms with Gasteiger partial charge < -0.3 is 9.84 Å². The minimum absolute atomic E-state index is 0.0559. The molecular weight excluding hydrogens is 299 g/mol. The second kappa shape index (κ2) is 5.50. The molecule has 1 N–H and O–H groups in total. The fraction of sp³-hybridized carbons (Fsp3) is 0.143. The summed E-state index contributed by atoms with van der Waals surface area (Å²) >= 11 is 3.32. The summed E-state index contributed by atoms with van der Waals surface area (Å²) in [6.45, 7) is 1.82. The quantitative estimate of drug-likeness (QED) is 0.921. The standard InChI is InChI=1S/C14H12BrFO2/c1-9-2-5-13(16)14(6-9)18-11-4-3-10(8-17)12(15)7-11/h2-7,17H,8H2,1H3. The van der Waals surface area contributed by atoms with Gasteiger partial charge in [0.15, 0.2) is 11.6 Å². The van der Waals surface area contributed by atoms with Crippen molar-refractivity contribution in [2.75, 3.05) is 0 Å². The first-order valence-corrected chi connectivity index (χ1v) is 6.23. The van der Waals surface area contributed by atoms with Crippen LogP contribution in [0.1, 0.15) is 11.1 Å². The zero-order valence-electron chi connectivity index (χ0n) is 9.78. The number of aliphatic hydroxyl groups is 1. The van der Waals surface area contributed by atoms with E-state index in [-0.39, 0.29) is 12.4 Å². The van der Waals surface area contributed by atoms with E-state index in [1.165, 1.54) is 6.07 Å². The second-order valence-corrected chi connectivity index (χ2v) is 4.80. The third-order valence-electron chi connectivity index (χ3n) is 2.51. The summed E-state index contributed by atoms with van der Waals surface area (Å²) in [7, 11) is 0. The lowest BCUT2D eigenvalue weighted by Gasteiger charge is -2.09. The smallest absolute Gasteiger partial charge is 0.165 e. The van der Waals surface area contributed by atoms with Crippen LogP contribution in [0.3, 0.4) is 0 Å². The molecule has 2 aromatic carbocycles. The maximum atomic E-state index is 13.5. The molecule has 0 aliphatic carbocycles. The van der Waals surface area contributed by atoms with E-state index in [4.69, 9.17) is 9.84 Å². The van der Waals surface area contributed by atoms with E-state index in [1.807, 2.05) is 6.92 Å². The van der Waals surface area contributed by atoms with Crippen LogP contribution in [0.5, 0.6) is 11.5 Å². The Morgan fingerprint density at radius 1 is 1.22 bits per heavy atom. The number of ether oxygens (including phenoxy) is 1. The third kappa shape index (κ3) is 2.89. The molecule has 0 amide bonds. The maximum Gasteiger partial charge on any atom is 0.165 e. The van der Waals surface area contributed by atoms with Crippen LogP contribution in [0.15, 0.2) is 40.9 Å². The van der Waals surface area contributed by atoms with Crippen molar-refractivity contribution in [2.45, 2.75) is 13.5 Å². The highest BCUT2D eigenvalue weighted by Gasteiger charge is 2.06. The number of rotatable bonds is 3. The van der Waals surface area contributed by atoms with Crippen molar-refractivity contribution in [3.63, 3.8) is 0 Å². The summed E-state index contributed by atoms with van der Waals surface area (Å²) in [5.74, 6) is 0.310. The molecule has 0 radical (unpaired) electrons. The Hall–Kier alpha value is -1.39. The number of halogens is 2. The maximum absolute atomic E-state index is 13.5. The van der Waals surface area contributed by atoms with Crippen molar-refractivity contribution in [2.24, 2.45) is 0 Å². The fourth-order valence-corrected chi connectivity index (χ4v) is 2.02. The van der Waals surface area contributed by atoms with Gasteiger partial charge in [0.25, 0.3) is 0 Å². The molecule has 0 aliphatic rings. The van der Waals surface area contributed by atoms with Gasteiger partial charge in [-0.25, -0.2) is 4.39 Å². The summed E-state index contributed by atoms with van der Waals surface area (Å²) in [5.41, 5.74) is 1.68. The lowest BCUT2D eigenvalue weighted by Crippen LogP contribution is -1.91. The molecule has 2 nitrogen and oxygen atoms in total. The Morgan fingerprint density at radius 3 is 2.67 bits per heavy atom. The normalized spacial score (nSPS) is 10.4. The number of benzene rings is 2. The molecule has 0 heterocycles. The molecule has 18 heavy (non-hydrogen) atoms. The average Bonchev–Trinajstić information content (AvgIpc) is 2.34. The molecule has 0 fully saturated rings. The largest absolute Gasteiger partial charge is 0.454 e. The molecule has 0 unspecified atom stereocenters. The Morgan fingerprint density at radius 2 is 2.00 bits per heavy atom. The van der Waals surface area contributed by atoms with Crippen molar-refractivity contribution in [1.29, 1.82) is 0 Å². The average molecular weight is 311 g/mol. The third-order valence-corrected chi connectivity index (χ3v) is 3.25. The van der Waals surface area contributed by atoms with Crippen molar-refractivity contribution in [3.05, 3.63) is 57.8 Å². The number of hydrogen-bond acceptors (Lipinski definition) is 2. The predicted octanol–water partition coefficient (Wildman–Crippen LogP) is 4.18. The highest BCUT2D eigenvalue weighted by atomic mass is 79.9. The Kier molecular flexibility index (Phi) is 3.99. The van der Waals surface area contributed by atoms with Gasteiger partial charge in [0.05, 0.1) is 6.61 Å². The van der Waals surface area contributed by atoms with Crippen LogP contribution >= 0.6 is 15.9 Å². The summed E-state index contributed by atoms with van der Waals surface area (Å²) in [6.07, 6.45) is 0. The van der Waals surface area contributed by atoms with Gasteiger partial charge in [-0.05, 0) is 42.3 Å².